The van der Waals surface area contributed by atoms with Gasteiger partial charge in [-0.3, -0.25) is 4.99 Å². The monoisotopic (exact) mass is 1840 g/mol. The third kappa shape index (κ3) is 27.5. The zero-order valence-corrected chi connectivity index (χ0v) is 67.1. The summed E-state index contributed by atoms with van der Waals surface area (Å²) < 4.78 is 0. The molecule has 0 radical (unpaired) electrons. The second kappa shape index (κ2) is 50.6. The molecule has 0 aromatic heterocycles. The number of aliphatic imine (C=N–C) groups is 1. The van der Waals surface area contributed by atoms with Crippen molar-refractivity contribution in [1.29, 1.82) is 0 Å². The molecule has 450 valence electrons. The van der Waals surface area contributed by atoms with E-state index in [1.807, 2.05) is 228 Å². The van der Waals surface area contributed by atoms with E-state index >= 15 is 0 Å². The molecule has 1 aliphatic heterocycles. The van der Waals surface area contributed by atoms with Gasteiger partial charge in [0.25, 0.3) is 0 Å². The van der Waals surface area contributed by atoms with Crippen molar-refractivity contribution in [2.24, 2.45) is 4.99 Å². The van der Waals surface area contributed by atoms with Crippen molar-refractivity contribution in [3.05, 3.63) is 336 Å². The van der Waals surface area contributed by atoms with Gasteiger partial charge in [-0.25, -0.2) is 0 Å². The maximum Gasteiger partial charge on any atom is 2.00 e. The number of benzene rings is 9. The number of hydrogen-bond donors (Lipinski definition) is 0. The first-order valence-electron chi connectivity index (χ1n) is 31.0. The van der Waals surface area contributed by atoms with Crippen LogP contribution < -0.4 is 9.80 Å². The first-order valence-corrected chi connectivity index (χ1v) is 31.0. The van der Waals surface area contributed by atoms with E-state index in [1.54, 1.807) is 0 Å². The summed E-state index contributed by atoms with van der Waals surface area (Å²) in [5.41, 5.74) is 19.2. The molecule has 0 fully saturated rings. The largest absolute Gasteiger partial charge is 2.00 e. The van der Waals surface area contributed by atoms with Crippen LogP contribution in [0.4, 0.5) is 34.1 Å². The van der Waals surface area contributed by atoms with E-state index in [0.717, 1.165) is 66.2 Å². The Labute approximate surface area is 609 Å². The predicted octanol–water partition coefficient (Wildman–Crippen LogP) is 23.8. The van der Waals surface area contributed by atoms with Crippen molar-refractivity contribution in [3.63, 3.8) is 0 Å². The van der Waals surface area contributed by atoms with Crippen molar-refractivity contribution in [3.8, 4) is 0 Å². The Bertz CT molecular complexity index is 3230. The Balaban J connectivity index is 0.000000522. The van der Waals surface area contributed by atoms with E-state index < -0.39 is 0 Å². The van der Waals surface area contributed by atoms with Crippen LogP contribution in [0.15, 0.2) is 278 Å². The molecule has 1 heterocycles. The quantitative estimate of drug-likeness (QED) is 0.148. The summed E-state index contributed by atoms with van der Waals surface area (Å²) in [5, 5.41) is 0. The van der Waals surface area contributed by atoms with E-state index in [-0.39, 0.29) is 93.3 Å². The molecule has 0 N–H and O–H groups in total. The van der Waals surface area contributed by atoms with E-state index in [9.17, 15) is 0 Å². The van der Waals surface area contributed by atoms with Crippen LogP contribution in [0.2, 0.25) is 0 Å². The minimum absolute atomic E-state index is 0. The van der Waals surface area contributed by atoms with Gasteiger partial charge in [-0.05, 0) is 94.0 Å². The molecule has 14 rings (SSSR count). The van der Waals surface area contributed by atoms with Gasteiger partial charge >= 0.3 is 62.2 Å². The molecule has 5 aliphatic rings. The summed E-state index contributed by atoms with van der Waals surface area (Å²) in [5.74, 6) is 0. The molecule has 0 unspecified atom stereocenters. The minimum atomic E-state index is 0. The van der Waals surface area contributed by atoms with Gasteiger partial charge in [0.1, 0.15) is 0 Å². The fraction of sp³-hybridized carbons (Fsp3) is 0.193. The molecule has 0 saturated carbocycles. The van der Waals surface area contributed by atoms with E-state index in [4.69, 9.17) is 0 Å². The van der Waals surface area contributed by atoms with Gasteiger partial charge in [-0.15, -0.1) is 24.3 Å². The van der Waals surface area contributed by atoms with Crippen LogP contribution in [-0.4, -0.2) is 13.3 Å². The molecule has 0 atom stereocenters. The smallest absolute Gasteiger partial charge is 0.391 e. The van der Waals surface area contributed by atoms with Gasteiger partial charge in [-0.1, -0.05) is 262 Å². The molecule has 0 bridgehead atoms. The van der Waals surface area contributed by atoms with Crippen LogP contribution in [0.3, 0.4) is 0 Å². The number of fused-ring (bicyclic) bond motifs is 4. The topological polar surface area (TPSA) is 18.8 Å². The Hall–Kier alpha value is -6.15. The van der Waals surface area contributed by atoms with Crippen LogP contribution in [0, 0.1) is 118 Å². The number of allylic oxidation sites excluding steroid dienone is 10. The fourth-order valence-electron chi connectivity index (χ4n) is 9.13. The van der Waals surface area contributed by atoms with Crippen molar-refractivity contribution < 1.29 is 93.3 Å². The number of para-hydroxylation sites is 6. The summed E-state index contributed by atoms with van der Waals surface area (Å²) in [6.07, 6.45) is 29.3. The summed E-state index contributed by atoms with van der Waals surface area (Å²) >= 11 is 0. The van der Waals surface area contributed by atoms with E-state index in [0.29, 0.717) is 0 Å². The van der Waals surface area contributed by atoms with Crippen LogP contribution in [0.1, 0.15) is 121 Å². The summed E-state index contributed by atoms with van der Waals surface area (Å²) in [6, 6.07) is 88.6. The van der Waals surface area contributed by atoms with Crippen molar-refractivity contribution in [2.75, 3.05) is 16.8 Å². The van der Waals surface area contributed by atoms with E-state index in [2.05, 4.69) is 179 Å². The van der Waals surface area contributed by atoms with Crippen molar-refractivity contribution in [1.82, 2.24) is 0 Å². The normalized spacial score (nSPS) is 11.4. The van der Waals surface area contributed by atoms with Crippen molar-refractivity contribution >= 4 is 63.6 Å². The van der Waals surface area contributed by atoms with Gasteiger partial charge in [0, 0.05) is 56.5 Å². The van der Waals surface area contributed by atoms with Gasteiger partial charge in [0.05, 0.1) is 5.69 Å². The Kier molecular flexibility index (Phi) is 45.9. The second-order valence-electron chi connectivity index (χ2n) is 18.2. The summed E-state index contributed by atoms with van der Waals surface area (Å²) in [7, 11) is 2.01. The Morgan fingerprint density at radius 1 is 0.371 bits per heavy atom. The average molecular weight is 1840 g/mol. The van der Waals surface area contributed by atoms with Crippen LogP contribution in [0.25, 0.3) is 23.3 Å². The average Bonchev–Trinajstić information content (AvgIpc) is 2.59. The zero-order valence-electron chi connectivity index (χ0n) is 54.6. The van der Waals surface area contributed by atoms with Gasteiger partial charge in [-0.2, -0.15) is 97.1 Å². The molecule has 6 heteroatoms. The molecule has 9 aromatic rings. The molecule has 4 aliphatic carbocycles. The Morgan fingerprint density at radius 2 is 0.787 bits per heavy atom. The molecule has 3 nitrogen and oxygen atoms in total. The summed E-state index contributed by atoms with van der Waals surface area (Å²) in [6.45, 7) is 20.0. The maximum absolute atomic E-state index is 4.17. The van der Waals surface area contributed by atoms with Crippen LogP contribution in [0.5, 0.6) is 0 Å². The van der Waals surface area contributed by atoms with Crippen LogP contribution >= 0.6 is 0 Å². The van der Waals surface area contributed by atoms with Gasteiger partial charge in [0.15, 0.2) is 0 Å². The SMILES string of the molecule is C1=CCC(c2ccccc2)=C1.C1=CCC(c2ccccc2)=C1.C1=Cc2c(ccc3c2CC=C3)C1.C1=Nc2ccccc2C1.CC.CC.CC.CC.CC.CN(c1[c-]cccc1)c1[c-]cccc1.[U+2].[U+2].[U].[c-]1ccccc1N(c1[c-]cccc1)c1ccccc1. The molecule has 0 saturated heterocycles. The van der Waals surface area contributed by atoms with Crippen molar-refractivity contribution in [2.45, 2.75) is 101 Å². The van der Waals surface area contributed by atoms with Gasteiger partial charge < -0.3 is 9.80 Å². The molecular weight excluding hydrogens is 1750 g/mol. The molecular formula is C83H91N3U3. The first-order chi connectivity index (χ1) is 42.7. The second-order valence-corrected chi connectivity index (χ2v) is 18.2. The van der Waals surface area contributed by atoms with Crippen LogP contribution in [-0.2, 0) is 19.3 Å². The molecule has 0 amide bonds. The Morgan fingerprint density at radius 3 is 1.21 bits per heavy atom. The molecule has 0 spiro atoms. The first kappa shape index (κ1) is 80.9. The zero-order chi connectivity index (χ0) is 61.8. The predicted molar refractivity (Wildman–Crippen MR) is 381 cm³/mol. The third-order valence-electron chi connectivity index (χ3n) is 13.1. The minimum Gasteiger partial charge on any atom is -0.391 e. The number of rotatable bonds is 7. The standard InChI is InChI=1S/C18H13N.C13H11N.C12H10.2C11H10.C8H7N.5C2H6.3U/c1-4-10-16(11-5-1)19(17-12-6-2-7-13-17)18-14-8-3-9-15-18;1-14(12-8-4-2-5-9-12)13-10-6-3-7-11-13;1-3-9-7-8-10-4-2-6-12(10)11(9)5-1;2*1-2-6-10(7-3-1)11-8-4-5-9-11;1-2-4-8-7(3-1)5-6-9-8;5*1-2;;;/h1-12,14H;2-8,10H,1H3;1-3,6-8H,4-5H2;2*1-8H,9H2;1-4,6H,5H2;5*1-2H3;;;/q2*-2;;;;;;;;;;;2*+2. The molecule has 89 heavy (non-hydrogen) atoms. The summed E-state index contributed by atoms with van der Waals surface area (Å²) in [4.78, 5) is 8.37. The maximum atomic E-state index is 4.17. The number of nitrogens with zero attached hydrogens (tertiary/aromatic N) is 3. The number of anilines is 5. The van der Waals surface area contributed by atoms with Gasteiger partial charge in [0.2, 0.25) is 0 Å². The van der Waals surface area contributed by atoms with E-state index in [1.165, 1.54) is 50.1 Å². The fourth-order valence-corrected chi connectivity index (χ4v) is 9.13. The molecule has 9 aromatic carbocycles. The third-order valence-corrected chi connectivity index (χ3v) is 13.1. The number of hydrogen-bond acceptors (Lipinski definition) is 3.